The molecule has 30 heavy (non-hydrogen) atoms. The summed E-state index contributed by atoms with van der Waals surface area (Å²) >= 11 is 14.2. The Morgan fingerprint density at radius 2 is 1.70 bits per heavy atom. The van der Waals surface area contributed by atoms with Gasteiger partial charge < -0.3 is 4.43 Å². The molecular formula is C25H40Cl2O2Si. The molecule has 5 rings (SSSR count). The minimum atomic E-state index is -1.78. The lowest BCUT2D eigenvalue weighted by molar-refractivity contribution is -0.128. The number of alkyl halides is 2. The average molecular weight is 472 g/mol. The molecule has 0 aliphatic heterocycles. The fourth-order valence-electron chi connectivity index (χ4n) is 8.76. The number of rotatable bonds is 2. The van der Waals surface area contributed by atoms with Crippen molar-refractivity contribution in [1.29, 1.82) is 0 Å². The number of Topliss-reactive ketones (excluding diaryl/α,β-unsaturated/α-hetero) is 1. The fraction of sp³-hybridized carbons (Fsp3) is 0.960. The van der Waals surface area contributed by atoms with E-state index < -0.39 is 12.7 Å². The van der Waals surface area contributed by atoms with E-state index in [2.05, 4.69) is 40.8 Å². The number of carbonyl (C=O) groups excluding carboxylic acids is 1. The van der Waals surface area contributed by atoms with Gasteiger partial charge in [0.2, 0.25) is 0 Å². The van der Waals surface area contributed by atoms with Crippen molar-refractivity contribution in [2.75, 3.05) is 0 Å². The molecular weight excluding hydrogens is 431 g/mol. The Morgan fingerprint density at radius 3 is 2.37 bits per heavy atom. The van der Waals surface area contributed by atoms with Crippen LogP contribution in [0, 0.1) is 34.0 Å². The first-order valence-corrected chi connectivity index (χ1v) is 16.0. The number of hydrogen-bond donors (Lipinski definition) is 0. The normalized spacial score (nSPS) is 49.7. The van der Waals surface area contributed by atoms with Crippen molar-refractivity contribution in [2.45, 2.75) is 114 Å². The van der Waals surface area contributed by atoms with Crippen molar-refractivity contribution < 1.29 is 9.22 Å². The number of fused-ring (bicyclic) bond motifs is 3. The SMILES string of the molecule is CC(C)(C)[Si](C)(C)O[C@H]1CC[C@H]2[C@@H]3CC[C@]45CC(=O)CC[C@@]4([C@H]3CC[C@]12C)C5(Cl)Cl. The molecule has 0 aromatic rings. The maximum atomic E-state index is 12.4. The van der Waals surface area contributed by atoms with Gasteiger partial charge in [-0.3, -0.25) is 4.79 Å². The highest BCUT2D eigenvalue weighted by Crippen LogP contribution is 2.91. The third kappa shape index (κ3) is 2.45. The molecule has 7 atom stereocenters. The molecule has 5 aliphatic rings. The van der Waals surface area contributed by atoms with Crippen molar-refractivity contribution in [1.82, 2.24) is 0 Å². The molecule has 5 heteroatoms. The molecule has 170 valence electrons. The van der Waals surface area contributed by atoms with Crippen LogP contribution >= 0.6 is 23.2 Å². The molecule has 0 heterocycles. The van der Waals surface area contributed by atoms with E-state index in [4.69, 9.17) is 27.6 Å². The van der Waals surface area contributed by atoms with Gasteiger partial charge in [0.25, 0.3) is 0 Å². The van der Waals surface area contributed by atoms with Crippen LogP contribution in [0.15, 0.2) is 0 Å². The lowest BCUT2D eigenvalue weighted by Crippen LogP contribution is -2.53. The van der Waals surface area contributed by atoms with Crippen LogP contribution < -0.4 is 0 Å². The lowest BCUT2D eigenvalue weighted by atomic mass is 9.50. The summed E-state index contributed by atoms with van der Waals surface area (Å²) in [5.41, 5.74) is 0.163. The summed E-state index contributed by atoms with van der Waals surface area (Å²) in [6.45, 7) is 14.4. The minimum absolute atomic E-state index is 0.000355. The zero-order valence-corrected chi connectivity index (χ0v) is 22.3. The standard InChI is InChI=1S/C25H40Cl2O2Si/c1-21(2,3)30(5,6)29-20-8-7-18-17-10-13-23-15-16(28)9-14-24(23,25(23,26)27)19(17)11-12-22(18,20)4/h17-20H,7-15H2,1-6H3/t17-,18-,19-,20-,22-,23-,24-/m0/s1. The van der Waals surface area contributed by atoms with Gasteiger partial charge in [-0.15, -0.1) is 23.2 Å². The maximum absolute atomic E-state index is 12.4. The Kier molecular flexibility index (Phi) is 4.67. The van der Waals surface area contributed by atoms with Crippen LogP contribution in [0.2, 0.25) is 18.1 Å². The molecule has 0 aromatic carbocycles. The Hall–Kier alpha value is 0.427. The molecule has 5 aliphatic carbocycles. The summed E-state index contributed by atoms with van der Waals surface area (Å²) in [7, 11) is -1.78. The lowest BCUT2D eigenvalue weighted by Gasteiger charge is -2.55. The molecule has 0 N–H and O–H groups in total. The third-order valence-corrected chi connectivity index (χ3v) is 17.3. The van der Waals surface area contributed by atoms with Crippen LogP contribution in [0.5, 0.6) is 0 Å². The summed E-state index contributed by atoms with van der Waals surface area (Å²) in [6, 6.07) is 0. The summed E-state index contributed by atoms with van der Waals surface area (Å²) in [4.78, 5) is 12.4. The number of ketones is 1. The van der Waals surface area contributed by atoms with E-state index in [9.17, 15) is 4.79 Å². The highest BCUT2D eigenvalue weighted by molar-refractivity contribution is 6.74. The summed E-state index contributed by atoms with van der Waals surface area (Å²) in [5.74, 6) is 2.41. The predicted molar refractivity (Wildman–Crippen MR) is 127 cm³/mol. The van der Waals surface area contributed by atoms with Gasteiger partial charge in [0.05, 0.1) is 6.10 Å². The van der Waals surface area contributed by atoms with E-state index >= 15 is 0 Å². The van der Waals surface area contributed by atoms with Gasteiger partial charge in [-0.2, -0.15) is 0 Å². The van der Waals surface area contributed by atoms with Crippen molar-refractivity contribution in [3.8, 4) is 0 Å². The largest absolute Gasteiger partial charge is 0.413 e. The van der Waals surface area contributed by atoms with Gasteiger partial charge >= 0.3 is 0 Å². The van der Waals surface area contributed by atoms with Crippen LogP contribution in [-0.2, 0) is 9.22 Å². The molecule has 0 aromatic heterocycles. The third-order valence-electron chi connectivity index (χ3n) is 11.4. The molecule has 0 saturated heterocycles. The fourth-order valence-corrected chi connectivity index (χ4v) is 11.6. The molecule has 0 bridgehead atoms. The smallest absolute Gasteiger partial charge is 0.192 e. The second-order valence-electron chi connectivity index (χ2n) is 13.2. The Balaban J connectivity index is 1.42. The molecule has 0 unspecified atom stereocenters. The number of carbonyl (C=O) groups is 1. The molecule has 5 saturated carbocycles. The molecule has 0 radical (unpaired) electrons. The second kappa shape index (κ2) is 6.30. The minimum Gasteiger partial charge on any atom is -0.413 e. The van der Waals surface area contributed by atoms with E-state index in [1.165, 1.54) is 32.1 Å². The average Bonchev–Trinajstić information content (AvgIpc) is 2.87. The predicted octanol–water partition coefficient (Wildman–Crippen LogP) is 7.53. The Bertz CT molecular complexity index is 774. The number of hydrogen-bond acceptors (Lipinski definition) is 2. The zero-order valence-electron chi connectivity index (χ0n) is 19.7. The zero-order chi connectivity index (χ0) is 22.0. The monoisotopic (exact) mass is 470 g/mol. The quantitative estimate of drug-likeness (QED) is 0.307. The summed E-state index contributed by atoms with van der Waals surface area (Å²) in [5, 5.41) is 0.252. The first kappa shape index (κ1) is 22.2. The van der Waals surface area contributed by atoms with Crippen LogP contribution in [0.1, 0.15) is 85.5 Å². The van der Waals surface area contributed by atoms with Gasteiger partial charge in [-0.05, 0) is 86.2 Å². The van der Waals surface area contributed by atoms with E-state index in [-0.39, 0.29) is 21.3 Å². The molecule has 0 spiro atoms. The molecule has 0 amide bonds. The molecule has 2 nitrogen and oxygen atoms in total. The molecule has 5 fully saturated rings. The van der Waals surface area contributed by atoms with Gasteiger partial charge in [-0.1, -0.05) is 27.7 Å². The Labute approximate surface area is 194 Å². The second-order valence-corrected chi connectivity index (χ2v) is 19.3. The highest BCUT2D eigenvalue weighted by Gasteiger charge is 2.90. The first-order valence-electron chi connectivity index (χ1n) is 12.3. The summed E-state index contributed by atoms with van der Waals surface area (Å²) in [6.07, 6.45) is 9.83. The van der Waals surface area contributed by atoms with Crippen LogP contribution in [0.4, 0.5) is 0 Å². The van der Waals surface area contributed by atoms with Gasteiger partial charge in [0, 0.05) is 23.7 Å². The summed E-state index contributed by atoms with van der Waals surface area (Å²) < 4.78 is 6.37. The highest BCUT2D eigenvalue weighted by atomic mass is 35.5. The Morgan fingerprint density at radius 1 is 1.00 bits per heavy atom. The maximum Gasteiger partial charge on any atom is 0.192 e. The van der Waals surface area contributed by atoms with Crippen LogP contribution in [-0.4, -0.2) is 24.5 Å². The van der Waals surface area contributed by atoms with Gasteiger partial charge in [-0.25, -0.2) is 0 Å². The van der Waals surface area contributed by atoms with E-state index in [0.717, 1.165) is 18.8 Å². The topological polar surface area (TPSA) is 26.3 Å². The van der Waals surface area contributed by atoms with Crippen molar-refractivity contribution in [2.24, 2.45) is 34.0 Å². The van der Waals surface area contributed by atoms with Crippen LogP contribution in [0.3, 0.4) is 0 Å². The van der Waals surface area contributed by atoms with Crippen molar-refractivity contribution in [3.63, 3.8) is 0 Å². The van der Waals surface area contributed by atoms with Gasteiger partial charge in [0.15, 0.2) is 8.32 Å². The first-order chi connectivity index (χ1) is 13.7. The van der Waals surface area contributed by atoms with Crippen LogP contribution in [0.25, 0.3) is 0 Å². The van der Waals surface area contributed by atoms with Crippen molar-refractivity contribution >= 4 is 37.3 Å². The van der Waals surface area contributed by atoms with Crippen molar-refractivity contribution in [3.05, 3.63) is 0 Å². The number of halogens is 2. The van der Waals surface area contributed by atoms with E-state index in [1.54, 1.807) is 0 Å². The van der Waals surface area contributed by atoms with Gasteiger partial charge in [0.1, 0.15) is 10.1 Å². The van der Waals surface area contributed by atoms with E-state index in [1.807, 2.05) is 0 Å². The van der Waals surface area contributed by atoms with E-state index in [0.29, 0.717) is 36.6 Å².